The fourth-order valence-electron chi connectivity index (χ4n) is 2.09. The van der Waals surface area contributed by atoms with Gasteiger partial charge >= 0.3 is 0 Å². The molecule has 1 unspecified atom stereocenters. The number of carbonyl (C=O) groups excluding carboxylic acids is 1. The summed E-state index contributed by atoms with van der Waals surface area (Å²) in [5.74, 6) is 0.0560. The van der Waals surface area contributed by atoms with Gasteiger partial charge in [-0.1, -0.05) is 6.58 Å². The van der Waals surface area contributed by atoms with Crippen molar-refractivity contribution in [1.29, 1.82) is 0 Å². The van der Waals surface area contributed by atoms with E-state index >= 15 is 0 Å². The molecule has 116 valence electrons. The Hall–Kier alpha value is -0.750. The summed E-state index contributed by atoms with van der Waals surface area (Å²) in [6, 6.07) is -0.146. The minimum absolute atomic E-state index is 0.0560. The van der Waals surface area contributed by atoms with E-state index < -0.39 is 0 Å². The predicted molar refractivity (Wildman–Crippen MR) is 77.9 cm³/mol. The molecule has 0 aromatic rings. The lowest BCUT2D eigenvalue weighted by molar-refractivity contribution is -0.119. The third-order valence-electron chi connectivity index (χ3n) is 3.37. The van der Waals surface area contributed by atoms with Gasteiger partial charge in [-0.25, -0.2) is 0 Å². The molecule has 1 aliphatic heterocycles. The molecule has 0 N–H and O–H groups in total. The van der Waals surface area contributed by atoms with Crippen LogP contribution >= 0.6 is 0 Å². The van der Waals surface area contributed by atoms with Gasteiger partial charge in [0, 0.05) is 32.9 Å². The summed E-state index contributed by atoms with van der Waals surface area (Å²) in [4.78, 5) is 13.9. The van der Waals surface area contributed by atoms with Gasteiger partial charge in [-0.05, 0) is 25.8 Å². The van der Waals surface area contributed by atoms with E-state index in [2.05, 4.69) is 11.5 Å². The van der Waals surface area contributed by atoms with E-state index in [4.69, 9.17) is 14.2 Å². The molecule has 0 aromatic carbocycles. The van der Waals surface area contributed by atoms with E-state index in [1.165, 1.54) is 6.08 Å². The topological polar surface area (TPSA) is 48.0 Å². The number of rotatable bonds is 3. The number of hydrogen-bond donors (Lipinski definition) is 0. The van der Waals surface area contributed by atoms with Crippen LogP contribution < -0.4 is 0 Å². The first-order valence-corrected chi connectivity index (χ1v) is 7.39. The Morgan fingerprint density at radius 3 is 2.25 bits per heavy atom. The first-order chi connectivity index (χ1) is 9.75. The van der Waals surface area contributed by atoms with Crippen LogP contribution in [0.25, 0.3) is 0 Å². The van der Waals surface area contributed by atoms with Crippen LogP contribution in [0.2, 0.25) is 0 Å². The Labute approximate surface area is 121 Å². The van der Waals surface area contributed by atoms with Crippen LogP contribution in [0, 0.1) is 0 Å². The normalized spacial score (nSPS) is 22.6. The Bertz CT molecular complexity index is 269. The van der Waals surface area contributed by atoms with Crippen molar-refractivity contribution >= 4 is 5.78 Å². The zero-order valence-electron chi connectivity index (χ0n) is 12.5. The lowest BCUT2D eigenvalue weighted by Crippen LogP contribution is -2.41. The number of carbonyl (C=O) groups is 1. The monoisotopic (exact) mass is 285 g/mol. The lowest BCUT2D eigenvalue weighted by Gasteiger charge is -2.27. The van der Waals surface area contributed by atoms with Crippen molar-refractivity contribution in [2.45, 2.75) is 25.8 Å². The van der Waals surface area contributed by atoms with E-state index in [0.29, 0.717) is 39.6 Å². The fourth-order valence-corrected chi connectivity index (χ4v) is 2.09. The van der Waals surface area contributed by atoms with Gasteiger partial charge < -0.3 is 14.2 Å². The average Bonchev–Trinajstić information content (AvgIpc) is 2.47. The molecule has 5 heteroatoms. The standard InChI is InChI=1S/C15H27NO4/c1-3-15(17)14(2)16-6-4-8-19-12-13-20-10-5-9-18-11-7-16/h3,14H,1,4-13H2,2H3. The maximum atomic E-state index is 11.7. The van der Waals surface area contributed by atoms with Crippen LogP contribution in [0.4, 0.5) is 0 Å². The van der Waals surface area contributed by atoms with Crippen LogP contribution in [-0.4, -0.2) is 69.5 Å². The third kappa shape index (κ3) is 7.14. The number of nitrogens with zero attached hydrogens (tertiary/aromatic N) is 1. The SMILES string of the molecule is C=CC(=O)C(C)N1CCCOCCOCCCOCC1. The summed E-state index contributed by atoms with van der Waals surface area (Å²) in [6.45, 7) is 11.0. The van der Waals surface area contributed by atoms with Crippen LogP contribution in [-0.2, 0) is 19.0 Å². The van der Waals surface area contributed by atoms with E-state index in [1.54, 1.807) is 0 Å². The summed E-state index contributed by atoms with van der Waals surface area (Å²) in [7, 11) is 0. The molecule has 0 spiro atoms. The van der Waals surface area contributed by atoms with E-state index in [1.807, 2.05) is 6.92 Å². The minimum Gasteiger partial charge on any atom is -0.380 e. The van der Waals surface area contributed by atoms with Crippen LogP contribution in [0.3, 0.4) is 0 Å². The van der Waals surface area contributed by atoms with E-state index in [9.17, 15) is 4.79 Å². The van der Waals surface area contributed by atoms with Gasteiger partial charge in [-0.2, -0.15) is 0 Å². The Morgan fingerprint density at radius 1 is 1.00 bits per heavy atom. The highest BCUT2D eigenvalue weighted by molar-refractivity contribution is 5.93. The van der Waals surface area contributed by atoms with Gasteiger partial charge in [-0.15, -0.1) is 0 Å². The predicted octanol–water partition coefficient (Wildman–Crippen LogP) is 1.28. The first-order valence-electron chi connectivity index (χ1n) is 7.39. The zero-order valence-corrected chi connectivity index (χ0v) is 12.5. The van der Waals surface area contributed by atoms with Crippen molar-refractivity contribution in [2.75, 3.05) is 52.7 Å². The Balaban J connectivity index is 2.43. The smallest absolute Gasteiger partial charge is 0.171 e. The average molecular weight is 285 g/mol. The van der Waals surface area contributed by atoms with Crippen LogP contribution in [0.5, 0.6) is 0 Å². The molecule has 0 radical (unpaired) electrons. The van der Waals surface area contributed by atoms with E-state index in [0.717, 1.165) is 25.9 Å². The molecule has 0 saturated carbocycles. The molecule has 1 heterocycles. The minimum atomic E-state index is -0.146. The molecular formula is C15H27NO4. The molecular weight excluding hydrogens is 258 g/mol. The highest BCUT2D eigenvalue weighted by Crippen LogP contribution is 2.04. The van der Waals surface area contributed by atoms with Crippen LogP contribution in [0.1, 0.15) is 19.8 Å². The first kappa shape index (κ1) is 17.3. The second kappa shape index (κ2) is 11.0. The maximum absolute atomic E-state index is 11.7. The molecule has 20 heavy (non-hydrogen) atoms. The number of ether oxygens (including phenoxy) is 3. The largest absolute Gasteiger partial charge is 0.380 e. The second-order valence-corrected chi connectivity index (χ2v) is 4.86. The summed E-state index contributed by atoms with van der Waals surface area (Å²) in [6.07, 6.45) is 3.18. The highest BCUT2D eigenvalue weighted by atomic mass is 16.5. The zero-order chi connectivity index (χ0) is 14.6. The summed E-state index contributed by atoms with van der Waals surface area (Å²) in [5, 5.41) is 0. The van der Waals surface area contributed by atoms with Gasteiger partial charge in [0.2, 0.25) is 0 Å². The van der Waals surface area contributed by atoms with Crippen molar-refractivity contribution < 1.29 is 19.0 Å². The molecule has 1 saturated heterocycles. The molecule has 1 rings (SSSR count). The lowest BCUT2D eigenvalue weighted by atomic mass is 10.1. The molecule has 0 amide bonds. The van der Waals surface area contributed by atoms with Crippen molar-refractivity contribution in [3.63, 3.8) is 0 Å². The van der Waals surface area contributed by atoms with Crippen molar-refractivity contribution in [3.8, 4) is 0 Å². The quantitative estimate of drug-likeness (QED) is 0.731. The molecule has 5 nitrogen and oxygen atoms in total. The molecule has 1 fully saturated rings. The second-order valence-electron chi connectivity index (χ2n) is 4.86. The van der Waals surface area contributed by atoms with Crippen LogP contribution in [0.15, 0.2) is 12.7 Å². The van der Waals surface area contributed by atoms with Crippen molar-refractivity contribution in [3.05, 3.63) is 12.7 Å². The maximum Gasteiger partial charge on any atom is 0.171 e. The highest BCUT2D eigenvalue weighted by Gasteiger charge is 2.18. The summed E-state index contributed by atoms with van der Waals surface area (Å²) < 4.78 is 16.5. The van der Waals surface area contributed by atoms with Crippen molar-refractivity contribution in [2.24, 2.45) is 0 Å². The van der Waals surface area contributed by atoms with Crippen molar-refractivity contribution in [1.82, 2.24) is 4.90 Å². The molecule has 1 atom stereocenters. The summed E-state index contributed by atoms with van der Waals surface area (Å²) in [5.41, 5.74) is 0. The van der Waals surface area contributed by atoms with Gasteiger partial charge in [0.15, 0.2) is 5.78 Å². The number of hydrogen-bond acceptors (Lipinski definition) is 5. The fraction of sp³-hybridized carbons (Fsp3) is 0.800. The Kier molecular flexibility index (Phi) is 9.49. The summed E-state index contributed by atoms with van der Waals surface area (Å²) >= 11 is 0. The molecule has 0 aromatic heterocycles. The Morgan fingerprint density at radius 2 is 1.60 bits per heavy atom. The van der Waals surface area contributed by atoms with E-state index in [-0.39, 0.29) is 11.8 Å². The number of ketones is 1. The molecule has 0 bridgehead atoms. The molecule has 0 aliphatic carbocycles. The molecule has 1 aliphatic rings. The van der Waals surface area contributed by atoms with Gasteiger partial charge in [-0.3, -0.25) is 9.69 Å². The van der Waals surface area contributed by atoms with Gasteiger partial charge in [0.05, 0.1) is 25.9 Å². The van der Waals surface area contributed by atoms with Gasteiger partial charge in [0.1, 0.15) is 0 Å². The third-order valence-corrected chi connectivity index (χ3v) is 3.37. The van der Waals surface area contributed by atoms with Gasteiger partial charge in [0.25, 0.3) is 0 Å².